The Kier molecular flexibility index (Phi) is 5.49. The van der Waals surface area contributed by atoms with Gasteiger partial charge in [-0.3, -0.25) is 4.79 Å². The molecular formula is C14H22N2O2. The van der Waals surface area contributed by atoms with Crippen molar-refractivity contribution in [2.45, 2.75) is 26.7 Å². The Morgan fingerprint density at radius 1 is 1.44 bits per heavy atom. The van der Waals surface area contributed by atoms with Crippen molar-refractivity contribution in [3.8, 4) is 5.75 Å². The van der Waals surface area contributed by atoms with Crippen LogP contribution in [0.25, 0.3) is 0 Å². The molecule has 1 aromatic carbocycles. The Hall–Kier alpha value is -1.71. The van der Waals surface area contributed by atoms with Crippen LogP contribution in [0.4, 0.5) is 5.69 Å². The van der Waals surface area contributed by atoms with Crippen LogP contribution in [0.3, 0.4) is 0 Å². The molecule has 0 aliphatic heterocycles. The molecule has 0 unspecified atom stereocenters. The van der Waals surface area contributed by atoms with Gasteiger partial charge in [0.15, 0.2) is 0 Å². The van der Waals surface area contributed by atoms with Gasteiger partial charge in [0.2, 0.25) is 0 Å². The van der Waals surface area contributed by atoms with Crippen LogP contribution in [0.1, 0.15) is 37.0 Å². The van der Waals surface area contributed by atoms with Gasteiger partial charge in [-0.25, -0.2) is 0 Å². The molecule has 0 saturated carbocycles. The van der Waals surface area contributed by atoms with Crippen molar-refractivity contribution in [1.29, 1.82) is 0 Å². The summed E-state index contributed by atoms with van der Waals surface area (Å²) in [7, 11) is 1.60. The van der Waals surface area contributed by atoms with Gasteiger partial charge in [0.25, 0.3) is 5.91 Å². The number of carbonyl (C=O) groups is 1. The maximum absolute atomic E-state index is 11.7. The standard InChI is InChI=1S/C14H22N2O2/c1-10(2)5-4-8-18-13-9-11(15)6-7-12(13)14(17)16-3/h6-7,9-10H,4-5,8,15H2,1-3H3,(H,16,17). The number of nitrogens with two attached hydrogens (primary N) is 1. The van der Waals surface area contributed by atoms with Gasteiger partial charge < -0.3 is 15.8 Å². The van der Waals surface area contributed by atoms with Crippen LogP contribution in [-0.2, 0) is 0 Å². The zero-order chi connectivity index (χ0) is 13.5. The van der Waals surface area contributed by atoms with Gasteiger partial charge in [0.05, 0.1) is 12.2 Å². The van der Waals surface area contributed by atoms with Gasteiger partial charge >= 0.3 is 0 Å². The van der Waals surface area contributed by atoms with Crippen LogP contribution in [0.5, 0.6) is 5.75 Å². The number of nitrogen functional groups attached to an aromatic ring is 1. The van der Waals surface area contributed by atoms with E-state index in [0.29, 0.717) is 29.5 Å². The van der Waals surface area contributed by atoms with Crippen LogP contribution < -0.4 is 15.8 Å². The highest BCUT2D eigenvalue weighted by atomic mass is 16.5. The van der Waals surface area contributed by atoms with Gasteiger partial charge in [-0.15, -0.1) is 0 Å². The van der Waals surface area contributed by atoms with Gasteiger partial charge in [-0.2, -0.15) is 0 Å². The molecule has 1 amide bonds. The van der Waals surface area contributed by atoms with E-state index in [1.165, 1.54) is 0 Å². The monoisotopic (exact) mass is 250 g/mol. The first-order chi connectivity index (χ1) is 8.54. The SMILES string of the molecule is CNC(=O)c1ccc(N)cc1OCCCC(C)C. The van der Waals surface area contributed by atoms with Crippen molar-refractivity contribution in [2.75, 3.05) is 19.4 Å². The van der Waals surface area contributed by atoms with E-state index in [1.54, 1.807) is 25.2 Å². The van der Waals surface area contributed by atoms with Gasteiger partial charge in [-0.1, -0.05) is 13.8 Å². The second-order valence-corrected chi connectivity index (χ2v) is 4.72. The molecule has 0 radical (unpaired) electrons. The minimum Gasteiger partial charge on any atom is -0.493 e. The van der Waals surface area contributed by atoms with Crippen molar-refractivity contribution in [3.63, 3.8) is 0 Å². The van der Waals surface area contributed by atoms with E-state index < -0.39 is 0 Å². The largest absolute Gasteiger partial charge is 0.493 e. The van der Waals surface area contributed by atoms with E-state index in [-0.39, 0.29) is 5.91 Å². The Morgan fingerprint density at radius 2 is 2.17 bits per heavy atom. The molecule has 0 spiro atoms. The zero-order valence-corrected chi connectivity index (χ0v) is 11.3. The summed E-state index contributed by atoms with van der Waals surface area (Å²) in [4.78, 5) is 11.7. The third-order valence-electron chi connectivity index (χ3n) is 2.66. The molecule has 0 bridgehead atoms. The lowest BCUT2D eigenvalue weighted by molar-refractivity contribution is 0.0959. The van der Waals surface area contributed by atoms with Crippen molar-refractivity contribution in [3.05, 3.63) is 23.8 Å². The van der Waals surface area contributed by atoms with Gasteiger partial charge in [-0.05, 0) is 30.9 Å². The first-order valence-electron chi connectivity index (χ1n) is 6.29. The van der Waals surface area contributed by atoms with E-state index in [9.17, 15) is 4.79 Å². The molecule has 18 heavy (non-hydrogen) atoms. The summed E-state index contributed by atoms with van der Waals surface area (Å²) in [6.45, 7) is 4.96. The predicted molar refractivity (Wildman–Crippen MR) is 73.8 cm³/mol. The van der Waals surface area contributed by atoms with Crippen LogP contribution in [-0.4, -0.2) is 19.6 Å². The maximum Gasteiger partial charge on any atom is 0.254 e. The first kappa shape index (κ1) is 14.4. The van der Waals surface area contributed by atoms with Crippen molar-refractivity contribution in [2.24, 2.45) is 5.92 Å². The molecule has 0 aliphatic carbocycles. The number of hydrogen-bond donors (Lipinski definition) is 2. The summed E-state index contributed by atoms with van der Waals surface area (Å²) < 4.78 is 5.65. The fourth-order valence-corrected chi connectivity index (χ4v) is 1.65. The number of hydrogen-bond acceptors (Lipinski definition) is 3. The highest BCUT2D eigenvalue weighted by molar-refractivity contribution is 5.97. The zero-order valence-electron chi connectivity index (χ0n) is 11.3. The molecule has 0 aromatic heterocycles. The average molecular weight is 250 g/mol. The molecule has 1 rings (SSSR count). The molecule has 3 N–H and O–H groups in total. The normalized spacial score (nSPS) is 10.4. The summed E-state index contributed by atoms with van der Waals surface area (Å²) in [5.74, 6) is 1.06. The minimum absolute atomic E-state index is 0.158. The number of nitrogens with one attached hydrogen (secondary N) is 1. The minimum atomic E-state index is -0.158. The molecule has 0 heterocycles. The fraction of sp³-hybridized carbons (Fsp3) is 0.500. The smallest absolute Gasteiger partial charge is 0.254 e. The van der Waals surface area contributed by atoms with Crippen molar-refractivity contribution < 1.29 is 9.53 Å². The average Bonchev–Trinajstić information content (AvgIpc) is 2.33. The molecule has 0 atom stereocenters. The third-order valence-corrected chi connectivity index (χ3v) is 2.66. The van der Waals surface area contributed by atoms with E-state index in [0.717, 1.165) is 12.8 Å². The summed E-state index contributed by atoms with van der Waals surface area (Å²) in [6, 6.07) is 5.08. The second kappa shape index (κ2) is 6.89. The molecule has 0 aliphatic rings. The van der Waals surface area contributed by atoms with E-state index in [4.69, 9.17) is 10.5 Å². The predicted octanol–water partition coefficient (Wildman–Crippen LogP) is 2.44. The Bertz CT molecular complexity index is 403. The first-order valence-corrected chi connectivity index (χ1v) is 6.29. The summed E-state index contributed by atoms with van der Waals surface area (Å²) in [5, 5.41) is 2.59. The Morgan fingerprint density at radius 3 is 2.78 bits per heavy atom. The topological polar surface area (TPSA) is 64.4 Å². The molecule has 1 aromatic rings. The molecule has 4 heteroatoms. The van der Waals surface area contributed by atoms with Crippen molar-refractivity contribution >= 4 is 11.6 Å². The second-order valence-electron chi connectivity index (χ2n) is 4.72. The molecule has 0 saturated heterocycles. The molecule has 0 fully saturated rings. The molecule has 100 valence electrons. The molecular weight excluding hydrogens is 228 g/mol. The van der Waals surface area contributed by atoms with E-state index >= 15 is 0 Å². The number of anilines is 1. The lowest BCUT2D eigenvalue weighted by Crippen LogP contribution is -2.19. The van der Waals surface area contributed by atoms with Gasteiger partial charge in [0, 0.05) is 18.8 Å². The highest BCUT2D eigenvalue weighted by Crippen LogP contribution is 2.22. The Labute approximate surface area is 109 Å². The van der Waals surface area contributed by atoms with Crippen LogP contribution in [0, 0.1) is 5.92 Å². The van der Waals surface area contributed by atoms with Gasteiger partial charge in [0.1, 0.15) is 5.75 Å². The lowest BCUT2D eigenvalue weighted by atomic mass is 10.1. The number of benzene rings is 1. The molecule has 4 nitrogen and oxygen atoms in total. The van der Waals surface area contributed by atoms with E-state index in [2.05, 4.69) is 19.2 Å². The number of carbonyl (C=O) groups excluding carboxylic acids is 1. The van der Waals surface area contributed by atoms with E-state index in [1.807, 2.05) is 0 Å². The van der Waals surface area contributed by atoms with Crippen molar-refractivity contribution in [1.82, 2.24) is 5.32 Å². The quantitative estimate of drug-likeness (QED) is 0.602. The number of ether oxygens (including phenoxy) is 1. The lowest BCUT2D eigenvalue weighted by Gasteiger charge is -2.12. The summed E-state index contributed by atoms with van der Waals surface area (Å²) in [5.41, 5.74) is 6.83. The maximum atomic E-state index is 11.7. The number of amides is 1. The van der Waals surface area contributed by atoms with Crippen LogP contribution in [0.15, 0.2) is 18.2 Å². The summed E-state index contributed by atoms with van der Waals surface area (Å²) in [6.07, 6.45) is 2.08. The van der Waals surface area contributed by atoms with Crippen LogP contribution in [0.2, 0.25) is 0 Å². The fourth-order valence-electron chi connectivity index (χ4n) is 1.65. The highest BCUT2D eigenvalue weighted by Gasteiger charge is 2.11. The van der Waals surface area contributed by atoms with Crippen LogP contribution >= 0.6 is 0 Å². The number of rotatable bonds is 6. The third kappa shape index (κ3) is 4.28. The Balaban J connectivity index is 2.67. The summed E-state index contributed by atoms with van der Waals surface area (Å²) >= 11 is 0.